The Balaban J connectivity index is 1.70. The van der Waals surface area contributed by atoms with E-state index < -0.39 is 0 Å². The van der Waals surface area contributed by atoms with Crippen LogP contribution in [0.5, 0.6) is 0 Å². The first kappa shape index (κ1) is 18.3. The zero-order chi connectivity index (χ0) is 19.7. The first-order chi connectivity index (χ1) is 13.6. The van der Waals surface area contributed by atoms with E-state index in [0.29, 0.717) is 33.6 Å². The quantitative estimate of drug-likeness (QED) is 0.500. The van der Waals surface area contributed by atoms with Gasteiger partial charge in [-0.2, -0.15) is 5.26 Å². The lowest BCUT2D eigenvalue weighted by Crippen LogP contribution is -2.23. The number of nitrogens with one attached hydrogen (secondary N) is 1. The zero-order valence-electron chi connectivity index (χ0n) is 15.2. The van der Waals surface area contributed by atoms with Crippen molar-refractivity contribution in [2.24, 2.45) is 0 Å². The fourth-order valence-electron chi connectivity index (χ4n) is 3.30. The lowest BCUT2D eigenvalue weighted by molar-refractivity contribution is 0.555. The van der Waals surface area contributed by atoms with E-state index in [1.165, 1.54) is 4.52 Å². The average Bonchev–Trinajstić information content (AvgIpc) is 3.32. The predicted molar refractivity (Wildman–Crippen MR) is 109 cm³/mol. The van der Waals surface area contributed by atoms with Crippen LogP contribution in [0.4, 0.5) is 0 Å². The lowest BCUT2D eigenvalue weighted by Gasteiger charge is -2.09. The second-order valence-electron chi connectivity index (χ2n) is 6.53. The number of hydrogen-bond donors (Lipinski definition) is 1. The number of aromatic nitrogens is 3. The molecular formula is C21H17BrN4O2. The maximum absolute atomic E-state index is 12.9. The molecule has 0 atom stereocenters. The second-order valence-corrected chi connectivity index (χ2v) is 7.31. The molecule has 0 saturated heterocycles. The molecule has 3 aromatic heterocycles. The molecule has 0 spiro atoms. The molecule has 3 heterocycles. The van der Waals surface area contributed by atoms with Crippen LogP contribution in [0.3, 0.4) is 0 Å². The van der Waals surface area contributed by atoms with Gasteiger partial charge in [0.05, 0.1) is 11.3 Å². The molecule has 140 valence electrons. The van der Waals surface area contributed by atoms with Gasteiger partial charge in [-0.1, -0.05) is 37.6 Å². The summed E-state index contributed by atoms with van der Waals surface area (Å²) >= 11 is 3.26. The maximum atomic E-state index is 12.9. The Bertz CT molecular complexity index is 1240. The van der Waals surface area contributed by atoms with Crippen LogP contribution in [0.1, 0.15) is 35.7 Å². The van der Waals surface area contributed by atoms with Crippen molar-refractivity contribution in [3.05, 3.63) is 80.0 Å². The third-order valence-corrected chi connectivity index (χ3v) is 5.02. The van der Waals surface area contributed by atoms with Crippen molar-refractivity contribution in [1.29, 1.82) is 5.26 Å². The number of furan rings is 1. The van der Waals surface area contributed by atoms with Crippen LogP contribution in [0, 0.1) is 11.3 Å². The van der Waals surface area contributed by atoms with E-state index in [9.17, 15) is 10.1 Å². The normalized spacial score (nSPS) is 11.0. The number of nitriles is 1. The number of nitrogens with zero attached hydrogens (tertiary/aromatic N) is 3. The Labute approximate surface area is 169 Å². The molecule has 0 bridgehead atoms. The number of hydrogen-bond acceptors (Lipinski definition) is 4. The van der Waals surface area contributed by atoms with Crippen LogP contribution < -0.4 is 5.56 Å². The van der Waals surface area contributed by atoms with Crippen molar-refractivity contribution in [1.82, 2.24) is 14.6 Å². The van der Waals surface area contributed by atoms with Gasteiger partial charge in [-0.3, -0.25) is 9.89 Å². The van der Waals surface area contributed by atoms with Crippen molar-refractivity contribution < 1.29 is 4.42 Å². The van der Waals surface area contributed by atoms with Crippen molar-refractivity contribution in [3.63, 3.8) is 0 Å². The molecule has 0 amide bonds. The van der Waals surface area contributed by atoms with E-state index in [2.05, 4.69) is 39.0 Å². The largest absolute Gasteiger partial charge is 0.448 e. The molecule has 0 saturated carbocycles. The Morgan fingerprint density at radius 3 is 2.79 bits per heavy atom. The Morgan fingerprint density at radius 1 is 1.29 bits per heavy atom. The van der Waals surface area contributed by atoms with E-state index >= 15 is 0 Å². The first-order valence-electron chi connectivity index (χ1n) is 8.97. The standard InChI is InChI=1S/C21H17BrN4O2/c1-2-3-17-16(21(27)26-19(25-17)8-9-24-26)10-13-4-6-14(7-5-13)20-15(12-23)11-18(22)28-20/h4-9,11,24H,2-3,10H2,1H3. The molecule has 0 aliphatic rings. The molecular weight excluding hydrogens is 420 g/mol. The van der Waals surface area contributed by atoms with Crippen molar-refractivity contribution in [2.45, 2.75) is 26.2 Å². The highest BCUT2D eigenvalue weighted by Crippen LogP contribution is 2.30. The van der Waals surface area contributed by atoms with Crippen molar-refractivity contribution in [3.8, 4) is 17.4 Å². The molecule has 1 aromatic carbocycles. The zero-order valence-corrected chi connectivity index (χ0v) is 16.8. The van der Waals surface area contributed by atoms with Crippen molar-refractivity contribution >= 4 is 21.6 Å². The minimum atomic E-state index is -0.0655. The van der Waals surface area contributed by atoms with Gasteiger partial charge in [0, 0.05) is 35.9 Å². The molecule has 1 N–H and O–H groups in total. The molecule has 0 unspecified atom stereocenters. The topological polar surface area (TPSA) is 87.1 Å². The van der Waals surface area contributed by atoms with Crippen molar-refractivity contribution in [2.75, 3.05) is 0 Å². The maximum Gasteiger partial charge on any atom is 0.276 e. The molecule has 4 aromatic rings. The number of aryl methyl sites for hydroxylation is 1. The molecule has 4 rings (SSSR count). The Hall–Kier alpha value is -3.11. The van der Waals surface area contributed by atoms with Gasteiger partial charge in [0.1, 0.15) is 6.07 Å². The number of rotatable bonds is 5. The summed E-state index contributed by atoms with van der Waals surface area (Å²) < 4.78 is 7.58. The smallest absolute Gasteiger partial charge is 0.276 e. The van der Waals surface area contributed by atoms with Crippen LogP contribution >= 0.6 is 15.9 Å². The van der Waals surface area contributed by atoms with E-state index in [4.69, 9.17) is 4.42 Å². The van der Waals surface area contributed by atoms with Crippen LogP contribution in [0.15, 0.2) is 56.5 Å². The minimum Gasteiger partial charge on any atom is -0.448 e. The fraction of sp³-hybridized carbons (Fsp3) is 0.190. The van der Waals surface area contributed by atoms with Gasteiger partial charge in [-0.05, 0) is 27.9 Å². The molecule has 0 fully saturated rings. The van der Waals surface area contributed by atoms with Crippen LogP contribution in [0.25, 0.3) is 17.0 Å². The van der Waals surface area contributed by atoms with Crippen LogP contribution in [0.2, 0.25) is 0 Å². The molecule has 6 nitrogen and oxygen atoms in total. The summed E-state index contributed by atoms with van der Waals surface area (Å²) in [5.41, 5.74) is 4.41. The number of H-pyrrole nitrogens is 1. The lowest BCUT2D eigenvalue weighted by atomic mass is 10.0. The van der Waals surface area contributed by atoms with Gasteiger partial charge < -0.3 is 4.42 Å². The summed E-state index contributed by atoms with van der Waals surface area (Å²) in [4.78, 5) is 17.5. The molecule has 28 heavy (non-hydrogen) atoms. The van der Waals surface area contributed by atoms with Gasteiger partial charge >= 0.3 is 0 Å². The third-order valence-electron chi connectivity index (χ3n) is 4.63. The predicted octanol–water partition coefficient (Wildman–Crippen LogP) is 4.46. The molecule has 0 aliphatic carbocycles. The summed E-state index contributed by atoms with van der Waals surface area (Å²) in [6, 6.07) is 13.3. The van der Waals surface area contributed by atoms with Gasteiger partial charge in [-0.25, -0.2) is 9.50 Å². The van der Waals surface area contributed by atoms with E-state index in [1.807, 2.05) is 24.3 Å². The monoisotopic (exact) mass is 436 g/mol. The summed E-state index contributed by atoms with van der Waals surface area (Å²) in [6.45, 7) is 2.08. The molecule has 0 aliphatic heterocycles. The van der Waals surface area contributed by atoms with Gasteiger partial charge in [0.15, 0.2) is 16.1 Å². The second kappa shape index (κ2) is 7.49. The summed E-state index contributed by atoms with van der Waals surface area (Å²) in [5, 5.41) is 12.2. The highest BCUT2D eigenvalue weighted by molar-refractivity contribution is 9.10. The first-order valence-corrected chi connectivity index (χ1v) is 9.76. The number of aromatic amines is 1. The third kappa shape index (κ3) is 3.27. The summed E-state index contributed by atoms with van der Waals surface area (Å²) in [5.74, 6) is 0.530. The number of halogens is 1. The highest BCUT2D eigenvalue weighted by Gasteiger charge is 2.15. The minimum absolute atomic E-state index is 0.0655. The SMILES string of the molecule is CCCc1nc2cc[nH]n2c(=O)c1Cc1ccc(-c2oc(Br)cc2C#N)cc1. The number of benzene rings is 1. The highest BCUT2D eigenvalue weighted by atomic mass is 79.9. The molecule has 7 heteroatoms. The van der Waals surface area contributed by atoms with Crippen LogP contribution in [-0.4, -0.2) is 14.6 Å². The van der Waals surface area contributed by atoms with Gasteiger partial charge in [0.25, 0.3) is 5.56 Å². The Morgan fingerprint density at radius 2 is 2.07 bits per heavy atom. The average molecular weight is 437 g/mol. The van der Waals surface area contributed by atoms with E-state index in [0.717, 1.165) is 29.7 Å². The van der Waals surface area contributed by atoms with E-state index in [-0.39, 0.29) is 5.56 Å². The fourth-order valence-corrected chi connectivity index (χ4v) is 3.69. The van der Waals surface area contributed by atoms with Gasteiger partial charge in [-0.15, -0.1) is 0 Å². The summed E-state index contributed by atoms with van der Waals surface area (Å²) in [6.07, 6.45) is 3.89. The summed E-state index contributed by atoms with van der Waals surface area (Å²) in [7, 11) is 0. The number of fused-ring (bicyclic) bond motifs is 1. The molecule has 0 radical (unpaired) electrons. The van der Waals surface area contributed by atoms with Crippen LogP contribution in [-0.2, 0) is 12.8 Å². The van der Waals surface area contributed by atoms with Gasteiger partial charge in [0.2, 0.25) is 0 Å². The van der Waals surface area contributed by atoms with E-state index in [1.54, 1.807) is 18.3 Å². The Kier molecular flexibility index (Phi) is 4.88.